The van der Waals surface area contributed by atoms with E-state index in [1.54, 1.807) is 6.08 Å². The molecule has 0 fully saturated rings. The average Bonchev–Trinajstić information content (AvgIpc) is 2.00. The molecule has 2 nitrogen and oxygen atoms in total. The van der Waals surface area contributed by atoms with Crippen molar-refractivity contribution in [2.24, 2.45) is 11.8 Å². The van der Waals surface area contributed by atoms with Crippen LogP contribution >= 0.6 is 0 Å². The second-order valence-corrected chi connectivity index (χ2v) is 3.99. The third-order valence-electron chi connectivity index (χ3n) is 2.30. The number of allylic oxidation sites excluding steroid dienone is 1. The first kappa shape index (κ1) is 12.4. The maximum atomic E-state index is 10.6. The molecule has 0 bridgehead atoms. The Morgan fingerprint density at radius 1 is 1.38 bits per heavy atom. The Balaban J connectivity index is 3.86. The van der Waals surface area contributed by atoms with Gasteiger partial charge in [0, 0.05) is 0 Å². The quantitative estimate of drug-likeness (QED) is 0.665. The van der Waals surface area contributed by atoms with Crippen LogP contribution in [0.3, 0.4) is 0 Å². The van der Waals surface area contributed by atoms with Gasteiger partial charge < -0.3 is 5.11 Å². The topological polar surface area (TPSA) is 37.3 Å². The summed E-state index contributed by atoms with van der Waals surface area (Å²) >= 11 is 0. The van der Waals surface area contributed by atoms with E-state index in [0.29, 0.717) is 11.8 Å². The molecule has 0 aromatic rings. The lowest BCUT2D eigenvalue weighted by molar-refractivity contribution is -0.112. The smallest absolute Gasteiger partial charge is 0.152 e. The predicted octanol–water partition coefficient (Wildman–Crippen LogP) is 2.17. The number of ketones is 1. The fourth-order valence-corrected chi connectivity index (χ4v) is 0.978. The molecular formula is C11H20O2. The van der Waals surface area contributed by atoms with E-state index in [9.17, 15) is 9.90 Å². The van der Waals surface area contributed by atoms with Crippen molar-refractivity contribution in [3.05, 3.63) is 12.2 Å². The monoisotopic (exact) mass is 184 g/mol. The van der Waals surface area contributed by atoms with E-state index in [1.807, 2.05) is 0 Å². The Bertz CT molecular complexity index is 183. The zero-order valence-corrected chi connectivity index (χ0v) is 8.95. The number of hydrogen-bond acceptors (Lipinski definition) is 2. The van der Waals surface area contributed by atoms with Crippen molar-refractivity contribution in [3.63, 3.8) is 0 Å². The highest BCUT2D eigenvalue weighted by Gasteiger charge is 2.10. The highest BCUT2D eigenvalue weighted by Crippen LogP contribution is 2.16. The second-order valence-electron chi connectivity index (χ2n) is 3.99. The summed E-state index contributed by atoms with van der Waals surface area (Å²) < 4.78 is 0. The molecule has 0 saturated carbocycles. The Morgan fingerprint density at radius 2 is 1.92 bits per heavy atom. The molecule has 2 unspecified atom stereocenters. The fraction of sp³-hybridized carbons (Fsp3) is 0.727. The number of aliphatic hydroxyl groups excluding tert-OH is 1. The highest BCUT2D eigenvalue weighted by molar-refractivity contribution is 5.87. The van der Waals surface area contributed by atoms with Crippen LogP contribution in [0.5, 0.6) is 0 Å². The Kier molecular flexibility index (Phi) is 5.63. The van der Waals surface area contributed by atoms with E-state index >= 15 is 0 Å². The van der Waals surface area contributed by atoms with Gasteiger partial charge in [-0.1, -0.05) is 26.8 Å². The van der Waals surface area contributed by atoms with E-state index in [0.717, 1.165) is 6.42 Å². The summed E-state index contributed by atoms with van der Waals surface area (Å²) in [4.78, 5) is 10.6. The molecule has 0 radical (unpaired) electrons. The van der Waals surface area contributed by atoms with E-state index in [4.69, 9.17) is 0 Å². The van der Waals surface area contributed by atoms with Crippen LogP contribution in [0, 0.1) is 11.8 Å². The third-order valence-corrected chi connectivity index (χ3v) is 2.30. The van der Waals surface area contributed by atoms with Crippen molar-refractivity contribution in [1.82, 2.24) is 0 Å². The van der Waals surface area contributed by atoms with Crippen LogP contribution in [0.4, 0.5) is 0 Å². The van der Waals surface area contributed by atoms with Crippen LogP contribution in [0.2, 0.25) is 0 Å². The number of carbonyl (C=O) groups is 1. The number of carbonyl (C=O) groups excluding carboxylic acids is 1. The molecule has 0 spiro atoms. The fourth-order valence-electron chi connectivity index (χ4n) is 0.978. The standard InChI is InChI=1S/C11H20O2/c1-8(2)9(3)7-11(13)6-5-10(4)12/h5-6,8-9,11,13H,7H2,1-4H3. The molecule has 0 saturated heterocycles. The van der Waals surface area contributed by atoms with Crippen LogP contribution in [-0.4, -0.2) is 17.0 Å². The normalized spacial score (nSPS) is 16.5. The molecule has 0 amide bonds. The molecule has 0 aromatic carbocycles. The summed E-state index contributed by atoms with van der Waals surface area (Å²) in [5.41, 5.74) is 0. The Morgan fingerprint density at radius 3 is 2.31 bits per heavy atom. The molecule has 0 aliphatic heterocycles. The second kappa shape index (κ2) is 5.92. The SMILES string of the molecule is CC(=O)C=CC(O)CC(C)C(C)C. The van der Waals surface area contributed by atoms with Crippen molar-refractivity contribution in [2.45, 2.75) is 40.2 Å². The molecular weight excluding hydrogens is 164 g/mol. The number of hydrogen-bond donors (Lipinski definition) is 1. The van der Waals surface area contributed by atoms with Gasteiger partial charge in [0.2, 0.25) is 0 Å². The van der Waals surface area contributed by atoms with Gasteiger partial charge in [-0.15, -0.1) is 0 Å². The van der Waals surface area contributed by atoms with Gasteiger partial charge in [-0.3, -0.25) is 4.79 Å². The molecule has 0 rings (SSSR count). The zero-order chi connectivity index (χ0) is 10.4. The van der Waals surface area contributed by atoms with Crippen LogP contribution in [0.15, 0.2) is 12.2 Å². The zero-order valence-electron chi connectivity index (χ0n) is 8.95. The summed E-state index contributed by atoms with van der Waals surface area (Å²) in [7, 11) is 0. The molecule has 0 aliphatic carbocycles. The maximum absolute atomic E-state index is 10.6. The summed E-state index contributed by atoms with van der Waals surface area (Å²) in [6.07, 6.45) is 3.24. The Hall–Kier alpha value is -0.630. The highest BCUT2D eigenvalue weighted by atomic mass is 16.3. The van der Waals surface area contributed by atoms with Gasteiger partial charge in [-0.25, -0.2) is 0 Å². The lowest BCUT2D eigenvalue weighted by Crippen LogP contribution is -2.13. The molecule has 1 N–H and O–H groups in total. The van der Waals surface area contributed by atoms with Crippen molar-refractivity contribution < 1.29 is 9.90 Å². The molecule has 0 aromatic heterocycles. The minimum absolute atomic E-state index is 0.0174. The van der Waals surface area contributed by atoms with Gasteiger partial charge in [0.25, 0.3) is 0 Å². The van der Waals surface area contributed by atoms with Crippen molar-refractivity contribution in [2.75, 3.05) is 0 Å². The number of aliphatic hydroxyl groups is 1. The average molecular weight is 184 g/mol. The van der Waals surface area contributed by atoms with Gasteiger partial charge >= 0.3 is 0 Å². The van der Waals surface area contributed by atoms with Crippen molar-refractivity contribution in [3.8, 4) is 0 Å². The predicted molar refractivity (Wildman–Crippen MR) is 54.4 cm³/mol. The summed E-state index contributed by atoms with van der Waals surface area (Å²) in [5, 5.41) is 9.48. The van der Waals surface area contributed by atoms with E-state index in [2.05, 4.69) is 20.8 Å². The summed E-state index contributed by atoms with van der Waals surface area (Å²) in [6.45, 7) is 7.85. The maximum Gasteiger partial charge on any atom is 0.152 e. The first-order valence-corrected chi connectivity index (χ1v) is 4.80. The molecule has 76 valence electrons. The van der Waals surface area contributed by atoms with Crippen LogP contribution < -0.4 is 0 Å². The van der Waals surface area contributed by atoms with Crippen molar-refractivity contribution in [1.29, 1.82) is 0 Å². The molecule has 0 heterocycles. The lowest BCUT2D eigenvalue weighted by Gasteiger charge is -2.17. The van der Waals surface area contributed by atoms with Gasteiger partial charge in [0.05, 0.1) is 6.10 Å². The number of rotatable bonds is 5. The van der Waals surface area contributed by atoms with E-state index in [-0.39, 0.29) is 5.78 Å². The minimum atomic E-state index is -0.485. The van der Waals surface area contributed by atoms with Crippen LogP contribution in [0.25, 0.3) is 0 Å². The van der Waals surface area contributed by atoms with Gasteiger partial charge in [0.15, 0.2) is 5.78 Å². The largest absolute Gasteiger partial charge is 0.389 e. The summed E-state index contributed by atoms with van der Waals surface area (Å²) in [5.74, 6) is 1.03. The molecule has 2 atom stereocenters. The van der Waals surface area contributed by atoms with E-state index in [1.165, 1.54) is 13.0 Å². The van der Waals surface area contributed by atoms with Gasteiger partial charge in [0.1, 0.15) is 0 Å². The van der Waals surface area contributed by atoms with Crippen LogP contribution in [0.1, 0.15) is 34.1 Å². The summed E-state index contributed by atoms with van der Waals surface area (Å²) in [6, 6.07) is 0. The molecule has 0 aliphatic rings. The van der Waals surface area contributed by atoms with Crippen molar-refractivity contribution >= 4 is 5.78 Å². The Labute approximate surface area is 80.7 Å². The minimum Gasteiger partial charge on any atom is -0.389 e. The lowest BCUT2D eigenvalue weighted by atomic mass is 9.92. The van der Waals surface area contributed by atoms with Gasteiger partial charge in [-0.2, -0.15) is 0 Å². The first-order chi connectivity index (χ1) is 5.93. The molecule has 13 heavy (non-hydrogen) atoms. The van der Waals surface area contributed by atoms with E-state index < -0.39 is 6.10 Å². The van der Waals surface area contributed by atoms with Crippen LogP contribution in [-0.2, 0) is 4.79 Å². The molecule has 2 heteroatoms. The van der Waals surface area contributed by atoms with Gasteiger partial charge in [-0.05, 0) is 31.3 Å². The first-order valence-electron chi connectivity index (χ1n) is 4.80. The third kappa shape index (κ3) is 6.52.